The van der Waals surface area contributed by atoms with E-state index < -0.39 is 6.10 Å². The molecule has 0 radical (unpaired) electrons. The fraction of sp³-hybridized carbons (Fsp3) is 0.400. The molecule has 0 heterocycles. The van der Waals surface area contributed by atoms with Crippen LogP contribution in [-0.4, -0.2) is 21.9 Å². The van der Waals surface area contributed by atoms with E-state index in [-0.39, 0.29) is 12.4 Å². The van der Waals surface area contributed by atoms with Gasteiger partial charge >= 0.3 is 0 Å². The third-order valence-corrected chi connectivity index (χ3v) is 2.66. The Bertz CT molecular complexity index is 301. The standard InChI is InChI=1S/C10H13IO3/c11-7-3-4-10(14)8(6-7)9(13)2-1-5-12/h3-4,6,9,12-14H,1-2,5H2/t9-/m1/s1. The molecule has 4 heteroatoms. The number of halogens is 1. The number of hydrogen-bond donors (Lipinski definition) is 3. The van der Waals surface area contributed by atoms with E-state index >= 15 is 0 Å². The molecular formula is C10H13IO3. The van der Waals surface area contributed by atoms with Gasteiger partial charge in [0.25, 0.3) is 0 Å². The summed E-state index contributed by atoms with van der Waals surface area (Å²) in [6.45, 7) is 0.0573. The highest BCUT2D eigenvalue weighted by Gasteiger charge is 2.11. The second-order valence-electron chi connectivity index (χ2n) is 3.08. The van der Waals surface area contributed by atoms with Crippen LogP contribution in [-0.2, 0) is 0 Å². The van der Waals surface area contributed by atoms with Gasteiger partial charge in [-0.3, -0.25) is 0 Å². The third-order valence-electron chi connectivity index (χ3n) is 1.98. The van der Waals surface area contributed by atoms with Crippen LogP contribution in [0.1, 0.15) is 24.5 Å². The predicted molar refractivity (Wildman–Crippen MR) is 62.1 cm³/mol. The normalized spacial score (nSPS) is 12.8. The molecule has 0 saturated carbocycles. The predicted octanol–water partition coefficient (Wildman–Crippen LogP) is 1.80. The van der Waals surface area contributed by atoms with Gasteiger partial charge in [0.1, 0.15) is 5.75 Å². The molecule has 0 saturated heterocycles. The van der Waals surface area contributed by atoms with Crippen LogP contribution < -0.4 is 0 Å². The van der Waals surface area contributed by atoms with Crippen molar-refractivity contribution in [3.8, 4) is 5.75 Å². The van der Waals surface area contributed by atoms with Crippen molar-refractivity contribution in [2.24, 2.45) is 0 Å². The smallest absolute Gasteiger partial charge is 0.121 e. The van der Waals surface area contributed by atoms with Gasteiger partial charge in [-0.05, 0) is 53.6 Å². The van der Waals surface area contributed by atoms with Crippen LogP contribution in [0.15, 0.2) is 18.2 Å². The first kappa shape index (κ1) is 11.7. The number of phenolic OH excluding ortho intramolecular Hbond substituents is 1. The van der Waals surface area contributed by atoms with Gasteiger partial charge in [0.05, 0.1) is 6.10 Å². The molecule has 1 aromatic rings. The van der Waals surface area contributed by atoms with Gasteiger partial charge in [-0.15, -0.1) is 0 Å². The molecule has 1 atom stereocenters. The van der Waals surface area contributed by atoms with Crippen molar-refractivity contribution in [2.45, 2.75) is 18.9 Å². The number of hydrogen-bond acceptors (Lipinski definition) is 3. The zero-order chi connectivity index (χ0) is 10.6. The maximum absolute atomic E-state index is 9.68. The number of aliphatic hydroxyl groups excluding tert-OH is 2. The van der Waals surface area contributed by atoms with Gasteiger partial charge in [0, 0.05) is 15.7 Å². The van der Waals surface area contributed by atoms with Crippen molar-refractivity contribution in [2.75, 3.05) is 6.61 Å². The highest BCUT2D eigenvalue weighted by molar-refractivity contribution is 14.1. The van der Waals surface area contributed by atoms with Crippen LogP contribution in [0.3, 0.4) is 0 Å². The topological polar surface area (TPSA) is 60.7 Å². The first-order chi connectivity index (χ1) is 6.65. The summed E-state index contributed by atoms with van der Waals surface area (Å²) in [5.41, 5.74) is 0.533. The minimum Gasteiger partial charge on any atom is -0.508 e. The summed E-state index contributed by atoms with van der Waals surface area (Å²) in [7, 11) is 0. The van der Waals surface area contributed by atoms with Crippen LogP contribution in [0.2, 0.25) is 0 Å². The fourth-order valence-electron chi connectivity index (χ4n) is 1.23. The van der Waals surface area contributed by atoms with Gasteiger partial charge in [-0.1, -0.05) is 0 Å². The Morgan fingerprint density at radius 3 is 2.71 bits per heavy atom. The van der Waals surface area contributed by atoms with Crippen LogP contribution in [0.4, 0.5) is 0 Å². The van der Waals surface area contributed by atoms with E-state index in [2.05, 4.69) is 22.6 Å². The van der Waals surface area contributed by atoms with E-state index in [0.29, 0.717) is 18.4 Å². The molecule has 0 spiro atoms. The van der Waals surface area contributed by atoms with E-state index in [0.717, 1.165) is 3.57 Å². The molecule has 0 bridgehead atoms. The first-order valence-corrected chi connectivity index (χ1v) is 5.50. The van der Waals surface area contributed by atoms with Crippen molar-refractivity contribution < 1.29 is 15.3 Å². The molecule has 0 amide bonds. The van der Waals surface area contributed by atoms with E-state index in [1.807, 2.05) is 0 Å². The van der Waals surface area contributed by atoms with Gasteiger partial charge in [-0.2, -0.15) is 0 Å². The van der Waals surface area contributed by atoms with Crippen molar-refractivity contribution in [3.05, 3.63) is 27.3 Å². The monoisotopic (exact) mass is 308 g/mol. The minimum absolute atomic E-state index is 0.0573. The molecule has 3 N–H and O–H groups in total. The molecule has 0 aliphatic heterocycles. The van der Waals surface area contributed by atoms with Gasteiger partial charge in [0.2, 0.25) is 0 Å². The van der Waals surface area contributed by atoms with Crippen molar-refractivity contribution >= 4 is 22.6 Å². The van der Waals surface area contributed by atoms with Crippen molar-refractivity contribution in [3.63, 3.8) is 0 Å². The van der Waals surface area contributed by atoms with E-state index in [1.165, 1.54) is 0 Å². The second-order valence-corrected chi connectivity index (χ2v) is 4.33. The van der Waals surface area contributed by atoms with Gasteiger partial charge in [0.15, 0.2) is 0 Å². The lowest BCUT2D eigenvalue weighted by molar-refractivity contribution is 0.148. The summed E-state index contributed by atoms with van der Waals surface area (Å²) in [6.07, 6.45) is 0.299. The highest BCUT2D eigenvalue weighted by atomic mass is 127. The summed E-state index contributed by atoms with van der Waals surface area (Å²) < 4.78 is 0.971. The number of aromatic hydroxyl groups is 1. The number of phenols is 1. The Kier molecular flexibility index (Phi) is 4.64. The molecule has 3 nitrogen and oxygen atoms in total. The molecule has 14 heavy (non-hydrogen) atoms. The summed E-state index contributed by atoms with van der Waals surface area (Å²) in [6, 6.07) is 5.09. The van der Waals surface area contributed by atoms with Crippen LogP contribution in [0.25, 0.3) is 0 Å². The first-order valence-electron chi connectivity index (χ1n) is 4.42. The quantitative estimate of drug-likeness (QED) is 0.743. The summed E-state index contributed by atoms with van der Waals surface area (Å²) in [5, 5.41) is 27.8. The van der Waals surface area contributed by atoms with E-state index in [9.17, 15) is 10.2 Å². The summed E-state index contributed by atoms with van der Waals surface area (Å²) in [5.74, 6) is 0.107. The van der Waals surface area contributed by atoms with Gasteiger partial charge in [-0.25, -0.2) is 0 Å². The molecule has 0 aromatic heterocycles. The molecule has 1 aromatic carbocycles. The fourth-order valence-corrected chi connectivity index (χ4v) is 1.75. The number of benzene rings is 1. The van der Waals surface area contributed by atoms with E-state index in [1.54, 1.807) is 18.2 Å². The number of rotatable bonds is 4. The van der Waals surface area contributed by atoms with Crippen LogP contribution >= 0.6 is 22.6 Å². The largest absolute Gasteiger partial charge is 0.508 e. The maximum atomic E-state index is 9.68. The Balaban J connectivity index is 2.77. The third kappa shape index (κ3) is 3.11. The lowest BCUT2D eigenvalue weighted by atomic mass is 10.0. The maximum Gasteiger partial charge on any atom is 0.121 e. The van der Waals surface area contributed by atoms with Crippen molar-refractivity contribution in [1.82, 2.24) is 0 Å². The molecular weight excluding hydrogens is 295 g/mol. The molecule has 1 rings (SSSR count). The second kappa shape index (κ2) is 5.53. The van der Waals surface area contributed by atoms with E-state index in [4.69, 9.17) is 5.11 Å². The molecule has 0 aliphatic rings. The number of aliphatic hydroxyl groups is 2. The summed E-state index contributed by atoms with van der Waals surface area (Å²) >= 11 is 2.12. The molecule has 0 unspecified atom stereocenters. The average molecular weight is 308 g/mol. The Morgan fingerprint density at radius 1 is 1.36 bits per heavy atom. The average Bonchev–Trinajstić information content (AvgIpc) is 2.18. The lowest BCUT2D eigenvalue weighted by Gasteiger charge is -2.12. The Morgan fingerprint density at radius 2 is 2.07 bits per heavy atom. The molecule has 0 fully saturated rings. The Labute approximate surface area is 96.5 Å². The zero-order valence-electron chi connectivity index (χ0n) is 7.65. The summed E-state index contributed by atoms with van der Waals surface area (Å²) in [4.78, 5) is 0. The Hall–Kier alpha value is -0.330. The van der Waals surface area contributed by atoms with Crippen molar-refractivity contribution in [1.29, 1.82) is 0 Å². The van der Waals surface area contributed by atoms with Crippen LogP contribution in [0, 0.1) is 3.57 Å². The minimum atomic E-state index is -0.697. The van der Waals surface area contributed by atoms with Gasteiger partial charge < -0.3 is 15.3 Å². The molecule has 0 aliphatic carbocycles. The molecule has 78 valence electrons. The zero-order valence-corrected chi connectivity index (χ0v) is 9.81. The lowest BCUT2D eigenvalue weighted by Crippen LogP contribution is -1.99. The highest BCUT2D eigenvalue weighted by Crippen LogP contribution is 2.28. The van der Waals surface area contributed by atoms with Crippen LogP contribution in [0.5, 0.6) is 5.75 Å². The SMILES string of the molecule is OCCC[C@@H](O)c1cc(I)ccc1O.